The zero-order valence-electron chi connectivity index (χ0n) is 19.6. The predicted molar refractivity (Wildman–Crippen MR) is 148 cm³/mol. The predicted octanol–water partition coefficient (Wildman–Crippen LogP) is 7.01. The zero-order chi connectivity index (χ0) is 26.2. The van der Waals surface area contributed by atoms with Gasteiger partial charge in [-0.2, -0.15) is 0 Å². The smallest absolute Gasteiger partial charge is 0.296 e. The Morgan fingerprint density at radius 1 is 1.03 bits per heavy atom. The van der Waals surface area contributed by atoms with E-state index < -0.39 is 23.5 Å². The molecule has 0 fully saturated rings. The minimum atomic E-state index is -0.897. The number of aliphatic hydroxyl groups excluding tert-OH is 1. The Hall–Kier alpha value is -3.92. The van der Waals surface area contributed by atoms with Crippen LogP contribution in [-0.2, 0) is 10.5 Å². The van der Waals surface area contributed by atoms with Crippen molar-refractivity contribution in [2.24, 2.45) is 0 Å². The summed E-state index contributed by atoms with van der Waals surface area (Å²) in [4.78, 5) is 28.4. The van der Waals surface area contributed by atoms with Crippen LogP contribution in [0.4, 0.5) is 5.13 Å². The van der Waals surface area contributed by atoms with Crippen LogP contribution in [0.1, 0.15) is 27.7 Å². The first-order chi connectivity index (χ1) is 18.5. The number of halogens is 1. The van der Waals surface area contributed by atoms with Gasteiger partial charge in [0.1, 0.15) is 5.58 Å². The lowest BCUT2D eigenvalue weighted by Gasteiger charge is -2.23. The lowest BCUT2D eigenvalue weighted by Crippen LogP contribution is -2.31. The number of ketones is 1. The number of Topliss-reactive ketones (excluding diaryl/α,β-unsaturated/α-hetero) is 1. The van der Waals surface area contributed by atoms with Crippen molar-refractivity contribution in [3.63, 3.8) is 0 Å². The number of fused-ring (bicyclic) bond motifs is 1. The van der Waals surface area contributed by atoms with Crippen LogP contribution in [-0.4, -0.2) is 27.0 Å². The number of nitrogens with zero attached hydrogens (tertiary/aromatic N) is 3. The van der Waals surface area contributed by atoms with E-state index in [9.17, 15) is 14.7 Å². The monoisotopic (exact) mass is 559 g/mol. The maximum Gasteiger partial charge on any atom is 0.296 e. The molecule has 1 amide bonds. The van der Waals surface area contributed by atoms with Gasteiger partial charge in [-0.25, -0.2) is 0 Å². The van der Waals surface area contributed by atoms with E-state index in [1.807, 2.05) is 60.7 Å². The van der Waals surface area contributed by atoms with Crippen LogP contribution in [0.25, 0.3) is 11.0 Å². The Bertz CT molecular complexity index is 1660. The average Bonchev–Trinajstić information content (AvgIpc) is 3.65. The van der Waals surface area contributed by atoms with Crippen molar-refractivity contribution in [1.29, 1.82) is 0 Å². The summed E-state index contributed by atoms with van der Waals surface area (Å²) in [5, 5.41) is 21.2. The molecular weight excluding hydrogens is 542 g/mol. The van der Waals surface area contributed by atoms with Crippen molar-refractivity contribution in [1.82, 2.24) is 10.2 Å². The van der Waals surface area contributed by atoms with Gasteiger partial charge in [-0.3, -0.25) is 14.5 Å². The maximum atomic E-state index is 13.7. The molecule has 10 heteroatoms. The first kappa shape index (κ1) is 24.4. The average molecular weight is 560 g/mol. The molecular formula is C28H18ClN3O4S2. The molecule has 1 aliphatic rings. The molecule has 1 N–H and O–H groups in total. The van der Waals surface area contributed by atoms with Crippen molar-refractivity contribution in [2.45, 2.75) is 16.1 Å². The van der Waals surface area contributed by atoms with E-state index in [1.165, 1.54) is 28.0 Å². The number of carbonyl (C=O) groups is 2. The zero-order valence-corrected chi connectivity index (χ0v) is 22.0. The molecule has 1 aliphatic heterocycles. The normalized spacial score (nSPS) is 15.6. The van der Waals surface area contributed by atoms with Gasteiger partial charge in [0.15, 0.2) is 15.9 Å². The minimum absolute atomic E-state index is 0.0415. The quantitative estimate of drug-likeness (QED) is 0.130. The summed E-state index contributed by atoms with van der Waals surface area (Å²) in [6.45, 7) is 0. The molecule has 0 unspecified atom stereocenters. The highest BCUT2D eigenvalue weighted by Crippen LogP contribution is 2.44. The molecule has 188 valence electrons. The summed E-state index contributed by atoms with van der Waals surface area (Å²) < 4.78 is 6.42. The Balaban J connectivity index is 1.34. The van der Waals surface area contributed by atoms with Gasteiger partial charge in [0.2, 0.25) is 10.9 Å². The number of hydrogen-bond acceptors (Lipinski definition) is 8. The minimum Gasteiger partial charge on any atom is -0.503 e. The highest BCUT2D eigenvalue weighted by Gasteiger charge is 2.46. The van der Waals surface area contributed by atoms with Gasteiger partial charge in [0, 0.05) is 16.2 Å². The lowest BCUT2D eigenvalue weighted by molar-refractivity contribution is -0.117. The van der Waals surface area contributed by atoms with Crippen molar-refractivity contribution in [2.75, 3.05) is 4.90 Å². The van der Waals surface area contributed by atoms with E-state index in [2.05, 4.69) is 10.2 Å². The van der Waals surface area contributed by atoms with Crippen LogP contribution in [0.5, 0.6) is 0 Å². The largest absolute Gasteiger partial charge is 0.503 e. The number of aromatic nitrogens is 2. The van der Waals surface area contributed by atoms with Gasteiger partial charge in [-0.1, -0.05) is 95.4 Å². The number of carbonyl (C=O) groups excluding carboxylic acids is 2. The molecule has 7 nitrogen and oxygen atoms in total. The number of benzene rings is 3. The van der Waals surface area contributed by atoms with E-state index in [0.717, 1.165) is 10.9 Å². The number of hydrogen-bond donors (Lipinski definition) is 1. The summed E-state index contributed by atoms with van der Waals surface area (Å²) in [5.41, 5.74) is 2.19. The molecule has 0 aliphatic carbocycles. The molecule has 0 bridgehead atoms. The molecule has 6 rings (SSSR count). The van der Waals surface area contributed by atoms with Crippen molar-refractivity contribution >= 4 is 62.5 Å². The molecule has 0 saturated heterocycles. The molecule has 0 spiro atoms. The Morgan fingerprint density at radius 2 is 1.76 bits per heavy atom. The third-order valence-corrected chi connectivity index (χ3v) is 8.47. The number of amides is 1. The maximum absolute atomic E-state index is 13.7. The van der Waals surface area contributed by atoms with Crippen molar-refractivity contribution in [3.8, 4) is 0 Å². The van der Waals surface area contributed by atoms with Gasteiger partial charge in [-0.05, 0) is 35.4 Å². The first-order valence-electron chi connectivity index (χ1n) is 11.6. The molecule has 0 radical (unpaired) electrons. The molecule has 3 aromatic carbocycles. The highest BCUT2D eigenvalue weighted by molar-refractivity contribution is 8.00. The number of thioether (sulfide) groups is 1. The number of aliphatic hydroxyl groups is 1. The van der Waals surface area contributed by atoms with Crippen molar-refractivity contribution in [3.05, 3.63) is 118 Å². The summed E-state index contributed by atoms with van der Waals surface area (Å²) in [7, 11) is 0. The molecule has 2 aromatic heterocycles. The van der Waals surface area contributed by atoms with Crippen LogP contribution in [0, 0.1) is 0 Å². The van der Waals surface area contributed by atoms with Crippen LogP contribution < -0.4 is 4.90 Å². The van der Waals surface area contributed by atoms with Crippen LogP contribution in [0.15, 0.2) is 105 Å². The third-order valence-electron chi connectivity index (χ3n) is 6.09. The summed E-state index contributed by atoms with van der Waals surface area (Å²) in [5.74, 6) is -1.23. The Morgan fingerprint density at radius 3 is 2.53 bits per heavy atom. The van der Waals surface area contributed by atoms with E-state index in [4.69, 9.17) is 16.0 Å². The second-order valence-corrected chi connectivity index (χ2v) is 11.1. The Kier molecular flexibility index (Phi) is 6.49. The number of para-hydroxylation sites is 1. The van der Waals surface area contributed by atoms with Crippen LogP contribution in [0.3, 0.4) is 0 Å². The molecule has 0 saturated carbocycles. The standard InChI is InChI=1S/C28H18ClN3O4S2/c29-19-12-10-16(11-13-19)15-37-28-31-30-27(38-28)32-23(17-6-2-1-3-7-17)22(25(34)26(32)35)24(33)21-14-18-8-4-5-9-20(18)36-21/h1-14,23,34H,15H2/t23-/m0/s1. The Labute approximate surface area is 230 Å². The fourth-order valence-electron chi connectivity index (χ4n) is 4.30. The third kappa shape index (κ3) is 4.49. The van der Waals surface area contributed by atoms with Gasteiger partial charge >= 0.3 is 0 Å². The summed E-state index contributed by atoms with van der Waals surface area (Å²) >= 11 is 8.66. The van der Waals surface area contributed by atoms with Crippen LogP contribution >= 0.6 is 34.7 Å². The number of furan rings is 1. The fourth-order valence-corrected chi connectivity index (χ4v) is 6.25. The van der Waals surface area contributed by atoms with Crippen LogP contribution in [0.2, 0.25) is 5.02 Å². The second-order valence-electron chi connectivity index (χ2n) is 8.49. The highest BCUT2D eigenvalue weighted by atomic mass is 35.5. The molecule has 1 atom stereocenters. The molecule has 38 heavy (non-hydrogen) atoms. The second kappa shape index (κ2) is 10.1. The van der Waals surface area contributed by atoms with Gasteiger partial charge in [-0.15, -0.1) is 10.2 Å². The van der Waals surface area contributed by atoms with E-state index >= 15 is 0 Å². The summed E-state index contributed by atoms with van der Waals surface area (Å²) in [6.07, 6.45) is 0. The first-order valence-corrected chi connectivity index (χ1v) is 13.7. The fraction of sp³-hybridized carbons (Fsp3) is 0.0714. The topological polar surface area (TPSA) is 96.5 Å². The van der Waals surface area contributed by atoms with Gasteiger partial charge < -0.3 is 9.52 Å². The number of anilines is 1. The van der Waals surface area contributed by atoms with E-state index in [1.54, 1.807) is 24.3 Å². The number of rotatable bonds is 7. The lowest BCUT2D eigenvalue weighted by atomic mass is 9.95. The summed E-state index contributed by atoms with van der Waals surface area (Å²) in [6, 6.07) is 24.5. The van der Waals surface area contributed by atoms with Gasteiger partial charge in [0.05, 0.1) is 11.6 Å². The SMILES string of the molecule is O=C(C1=C(O)C(=O)N(c2nnc(SCc3ccc(Cl)cc3)s2)[C@H]1c1ccccc1)c1cc2ccccc2o1. The van der Waals surface area contributed by atoms with Crippen molar-refractivity contribution < 1.29 is 19.1 Å². The molecule has 3 heterocycles. The molecule has 5 aromatic rings. The van der Waals surface area contributed by atoms with E-state index in [-0.39, 0.29) is 16.5 Å². The van der Waals surface area contributed by atoms with E-state index in [0.29, 0.717) is 26.3 Å². The van der Waals surface area contributed by atoms with Gasteiger partial charge in [0.25, 0.3) is 5.91 Å².